The molecule has 1 aromatic rings. The SMILES string of the molecule is CO[C@H]1C(=O)N2C(C(=O)N(C)CC(=O)OC(C)(C)C)=C(COC(=O)OC(=O)NCc3ccccc3)CS(=O)(=O)[C@H]12. The maximum Gasteiger partial charge on any atom is 0.517 e. The van der Waals surface area contributed by atoms with Gasteiger partial charge in [-0.1, -0.05) is 30.3 Å². The van der Waals surface area contributed by atoms with E-state index in [1.807, 2.05) is 0 Å². The number of alkyl carbamates (subject to hydrolysis) is 1. The number of methoxy groups -OCH3 is 1. The Bertz CT molecular complexity index is 1320. The highest BCUT2D eigenvalue weighted by molar-refractivity contribution is 7.92. The number of nitrogens with zero attached hydrogens (tertiary/aromatic N) is 2. The van der Waals surface area contributed by atoms with Gasteiger partial charge in [0.15, 0.2) is 21.3 Å². The van der Waals surface area contributed by atoms with E-state index in [-0.39, 0.29) is 17.8 Å². The van der Waals surface area contributed by atoms with Crippen LogP contribution in [-0.2, 0) is 49.7 Å². The number of nitrogens with one attached hydrogen (secondary N) is 1. The van der Waals surface area contributed by atoms with Gasteiger partial charge in [-0.15, -0.1) is 0 Å². The van der Waals surface area contributed by atoms with E-state index >= 15 is 0 Å². The zero-order chi connectivity index (χ0) is 29.8. The fourth-order valence-corrected chi connectivity index (χ4v) is 6.06. The second kappa shape index (κ2) is 12.0. The van der Waals surface area contributed by atoms with E-state index in [1.54, 1.807) is 51.1 Å². The summed E-state index contributed by atoms with van der Waals surface area (Å²) in [5.74, 6) is -3.18. The Morgan fingerprint density at radius 2 is 1.77 bits per heavy atom. The molecule has 2 aliphatic heterocycles. The largest absolute Gasteiger partial charge is 0.517 e. The number of hydrogen-bond acceptors (Lipinski definition) is 11. The lowest BCUT2D eigenvalue weighted by molar-refractivity contribution is -0.162. The van der Waals surface area contributed by atoms with Crippen molar-refractivity contribution in [1.29, 1.82) is 0 Å². The van der Waals surface area contributed by atoms with E-state index in [2.05, 4.69) is 10.1 Å². The lowest BCUT2D eigenvalue weighted by atomic mass is 10.0. The summed E-state index contributed by atoms with van der Waals surface area (Å²) >= 11 is 0. The Hall–Kier alpha value is -3.98. The molecule has 3 rings (SSSR count). The first kappa shape index (κ1) is 30.6. The third-order valence-corrected chi connectivity index (χ3v) is 7.67. The highest BCUT2D eigenvalue weighted by Crippen LogP contribution is 2.38. The number of β-lactam (4-membered cyclic amide) rings is 1. The molecule has 2 aliphatic rings. The Morgan fingerprint density at radius 1 is 1.12 bits per heavy atom. The van der Waals surface area contributed by atoms with Crippen molar-refractivity contribution >= 4 is 39.9 Å². The average Bonchev–Trinajstić information content (AvgIpc) is 2.85. The zero-order valence-electron chi connectivity index (χ0n) is 22.7. The molecule has 0 spiro atoms. The number of hydrogen-bond donors (Lipinski definition) is 1. The molecule has 1 aromatic carbocycles. The van der Waals surface area contributed by atoms with Crippen LogP contribution in [0.2, 0.25) is 0 Å². The van der Waals surface area contributed by atoms with Crippen molar-refractivity contribution in [3.05, 3.63) is 47.2 Å². The van der Waals surface area contributed by atoms with Gasteiger partial charge in [0.2, 0.25) is 0 Å². The minimum absolute atomic E-state index is 0.0676. The number of rotatable bonds is 8. The number of fused-ring (bicyclic) bond motifs is 1. The third kappa shape index (κ3) is 7.15. The van der Waals surface area contributed by atoms with Gasteiger partial charge in [-0.05, 0) is 26.3 Å². The fourth-order valence-electron chi connectivity index (χ4n) is 4.05. The maximum atomic E-state index is 13.4. The van der Waals surface area contributed by atoms with Gasteiger partial charge in [-0.25, -0.2) is 18.0 Å². The summed E-state index contributed by atoms with van der Waals surface area (Å²) in [5.41, 5.74) is -0.713. The van der Waals surface area contributed by atoms with Crippen molar-refractivity contribution < 1.29 is 51.3 Å². The van der Waals surface area contributed by atoms with E-state index in [0.717, 1.165) is 22.5 Å². The first-order chi connectivity index (χ1) is 18.6. The number of likely N-dealkylation sites (N-methyl/N-ethyl adjacent to an activating group) is 1. The van der Waals surface area contributed by atoms with Crippen LogP contribution >= 0.6 is 0 Å². The van der Waals surface area contributed by atoms with Crippen LogP contribution in [0.25, 0.3) is 0 Å². The lowest BCUT2D eigenvalue weighted by Gasteiger charge is -2.49. The van der Waals surface area contributed by atoms with Crippen molar-refractivity contribution in [2.24, 2.45) is 0 Å². The smallest absolute Gasteiger partial charge is 0.459 e. The molecule has 0 unspecified atom stereocenters. The maximum absolute atomic E-state index is 13.4. The van der Waals surface area contributed by atoms with Crippen molar-refractivity contribution in [3.63, 3.8) is 0 Å². The van der Waals surface area contributed by atoms with Gasteiger partial charge >= 0.3 is 18.2 Å². The summed E-state index contributed by atoms with van der Waals surface area (Å²) < 4.78 is 45.6. The molecule has 0 aromatic heterocycles. The summed E-state index contributed by atoms with van der Waals surface area (Å²) in [6.45, 7) is 3.70. The number of amides is 3. The molecule has 1 saturated heterocycles. The van der Waals surface area contributed by atoms with Gasteiger partial charge in [-0.3, -0.25) is 19.3 Å². The quantitative estimate of drug-likeness (QED) is 0.260. The van der Waals surface area contributed by atoms with Crippen LogP contribution in [0.4, 0.5) is 9.59 Å². The van der Waals surface area contributed by atoms with Crippen LogP contribution in [-0.4, -0.2) is 98.4 Å². The summed E-state index contributed by atoms with van der Waals surface area (Å²) in [6, 6.07) is 8.79. The van der Waals surface area contributed by atoms with Gasteiger partial charge in [0.1, 0.15) is 24.4 Å². The minimum atomic E-state index is -4.07. The van der Waals surface area contributed by atoms with E-state index in [0.29, 0.717) is 0 Å². The summed E-state index contributed by atoms with van der Waals surface area (Å²) in [7, 11) is -1.65. The number of carbonyl (C=O) groups is 5. The number of ether oxygens (including phenoxy) is 4. The number of sulfone groups is 1. The van der Waals surface area contributed by atoms with Crippen LogP contribution in [0.5, 0.6) is 0 Å². The lowest BCUT2D eigenvalue weighted by Crippen LogP contribution is -2.71. The molecule has 0 saturated carbocycles. The average molecular weight is 582 g/mol. The summed E-state index contributed by atoms with van der Waals surface area (Å²) in [6.07, 6.45) is -3.91. The Kier molecular flexibility index (Phi) is 9.20. The minimum Gasteiger partial charge on any atom is -0.459 e. The zero-order valence-corrected chi connectivity index (χ0v) is 23.5. The first-order valence-corrected chi connectivity index (χ1v) is 13.8. The Labute approximate surface area is 231 Å². The molecule has 218 valence electrons. The summed E-state index contributed by atoms with van der Waals surface area (Å²) in [4.78, 5) is 64.2. The molecule has 0 radical (unpaired) electrons. The van der Waals surface area contributed by atoms with Crippen molar-refractivity contribution in [2.75, 3.05) is 33.1 Å². The molecule has 1 fully saturated rings. The molecule has 15 heteroatoms. The van der Waals surface area contributed by atoms with E-state index in [4.69, 9.17) is 14.2 Å². The highest BCUT2D eigenvalue weighted by atomic mass is 32.2. The van der Waals surface area contributed by atoms with E-state index < -0.39 is 75.9 Å². The van der Waals surface area contributed by atoms with Gasteiger partial charge in [0.25, 0.3) is 11.8 Å². The van der Waals surface area contributed by atoms with Crippen LogP contribution in [0, 0.1) is 0 Å². The van der Waals surface area contributed by atoms with E-state index in [1.165, 1.54) is 7.05 Å². The fraction of sp³-hybridized carbons (Fsp3) is 0.480. The molecule has 40 heavy (non-hydrogen) atoms. The second-order valence-electron chi connectivity index (χ2n) is 10.0. The van der Waals surface area contributed by atoms with Crippen LogP contribution in [0.1, 0.15) is 26.3 Å². The molecular formula is C25H31N3O11S. The second-order valence-corrected chi connectivity index (χ2v) is 12.1. The van der Waals surface area contributed by atoms with Crippen LogP contribution in [0.15, 0.2) is 41.6 Å². The molecule has 3 amide bonds. The van der Waals surface area contributed by atoms with Gasteiger partial charge in [0.05, 0.1) is 5.75 Å². The standard InChI is InChI=1S/C25H31N3O11S/c1-25(2,3)39-17(29)12-27(4)20(30)18-16(14-40(34,35)22-19(36-5)21(31)28(18)22)13-37-24(33)38-23(32)26-11-15-9-7-6-8-10-15/h6-10,19,22H,11-14H2,1-5H3,(H,26,32)/t19-,22+/m0/s1. The molecule has 14 nitrogen and oxygen atoms in total. The Morgan fingerprint density at radius 3 is 2.38 bits per heavy atom. The predicted molar refractivity (Wildman–Crippen MR) is 137 cm³/mol. The predicted octanol–water partition coefficient (Wildman–Crippen LogP) is 0.715. The van der Waals surface area contributed by atoms with Gasteiger partial charge in [0, 0.05) is 26.3 Å². The molecule has 1 N–H and O–H groups in total. The van der Waals surface area contributed by atoms with Crippen molar-refractivity contribution in [3.8, 4) is 0 Å². The molecular weight excluding hydrogens is 550 g/mol. The number of carbonyl (C=O) groups excluding carboxylic acids is 5. The van der Waals surface area contributed by atoms with E-state index in [9.17, 15) is 32.4 Å². The number of benzene rings is 1. The van der Waals surface area contributed by atoms with Gasteiger partial charge < -0.3 is 29.2 Å². The molecule has 2 atom stereocenters. The molecule has 0 bridgehead atoms. The van der Waals surface area contributed by atoms with Crippen LogP contribution < -0.4 is 5.32 Å². The van der Waals surface area contributed by atoms with Crippen LogP contribution in [0.3, 0.4) is 0 Å². The third-order valence-electron chi connectivity index (χ3n) is 5.72. The topological polar surface area (TPSA) is 175 Å². The normalized spacial score (nSPS) is 19.6. The molecule has 2 heterocycles. The van der Waals surface area contributed by atoms with Gasteiger partial charge in [-0.2, -0.15) is 0 Å². The van der Waals surface area contributed by atoms with Crippen molar-refractivity contribution in [1.82, 2.24) is 15.1 Å². The first-order valence-electron chi connectivity index (χ1n) is 12.1. The monoisotopic (exact) mass is 581 g/mol. The summed E-state index contributed by atoms with van der Waals surface area (Å²) in [5, 5.41) is 0.881. The van der Waals surface area contributed by atoms with Crippen molar-refractivity contribution in [2.45, 2.75) is 44.4 Å². The molecule has 0 aliphatic carbocycles. The number of esters is 1. The Balaban J connectivity index is 1.76. The highest BCUT2D eigenvalue weighted by Gasteiger charge is 2.60.